The van der Waals surface area contributed by atoms with Gasteiger partial charge in [-0.15, -0.1) is 0 Å². The SMILES string of the molecule is CCC(CC)(CCCCOCCCCC(CC)(CC)CS(N)(=O)=O)CCS(N)(=O)=O. The smallest absolute Gasteiger partial charge is 0.209 e. The van der Waals surface area contributed by atoms with Crippen LogP contribution < -0.4 is 10.3 Å². The minimum absolute atomic E-state index is 0.0411. The van der Waals surface area contributed by atoms with E-state index in [9.17, 15) is 16.8 Å². The van der Waals surface area contributed by atoms with Gasteiger partial charge in [0, 0.05) is 13.2 Å². The van der Waals surface area contributed by atoms with Gasteiger partial charge in [0.05, 0.1) is 11.5 Å². The summed E-state index contributed by atoms with van der Waals surface area (Å²) in [5.41, 5.74) is -0.187. The van der Waals surface area contributed by atoms with E-state index < -0.39 is 20.0 Å². The Morgan fingerprint density at radius 3 is 1.43 bits per heavy atom. The highest BCUT2D eigenvalue weighted by molar-refractivity contribution is 7.89. The van der Waals surface area contributed by atoms with Gasteiger partial charge in [0.1, 0.15) is 0 Å². The average molecular weight is 471 g/mol. The Bertz CT molecular complexity index is 655. The van der Waals surface area contributed by atoms with E-state index in [1.54, 1.807) is 0 Å². The molecule has 0 saturated heterocycles. The van der Waals surface area contributed by atoms with Crippen LogP contribution in [0.25, 0.3) is 0 Å². The zero-order valence-corrected chi connectivity index (χ0v) is 21.3. The molecule has 0 heterocycles. The molecule has 0 saturated carbocycles. The Balaban J connectivity index is 4.13. The predicted octanol–water partition coefficient (Wildman–Crippen LogP) is 3.92. The number of primary sulfonamides is 2. The van der Waals surface area contributed by atoms with Crippen LogP contribution in [0.3, 0.4) is 0 Å². The molecule has 9 heteroatoms. The van der Waals surface area contributed by atoms with Gasteiger partial charge in [-0.1, -0.05) is 53.4 Å². The second-order valence-corrected chi connectivity index (χ2v) is 12.2. The summed E-state index contributed by atoms with van der Waals surface area (Å²) in [5, 5.41) is 10.5. The van der Waals surface area contributed by atoms with Crippen LogP contribution in [0.5, 0.6) is 0 Å². The molecule has 0 radical (unpaired) electrons. The van der Waals surface area contributed by atoms with Gasteiger partial charge in [-0.2, -0.15) is 0 Å². The van der Waals surface area contributed by atoms with Crippen molar-refractivity contribution in [3.63, 3.8) is 0 Å². The second kappa shape index (κ2) is 14.0. The third kappa shape index (κ3) is 13.2. The van der Waals surface area contributed by atoms with Crippen LogP contribution in [0.15, 0.2) is 0 Å². The predicted molar refractivity (Wildman–Crippen MR) is 125 cm³/mol. The number of unbranched alkanes of at least 4 members (excludes halogenated alkanes) is 2. The number of nitrogens with two attached hydrogens (primary N) is 2. The molecular formula is C21H46N2O5S2. The molecule has 30 heavy (non-hydrogen) atoms. The molecule has 0 aliphatic rings. The Labute approximate surface area is 185 Å². The van der Waals surface area contributed by atoms with Crippen molar-refractivity contribution < 1.29 is 21.6 Å². The van der Waals surface area contributed by atoms with Crippen molar-refractivity contribution in [2.45, 2.75) is 98.3 Å². The summed E-state index contributed by atoms with van der Waals surface area (Å²) in [4.78, 5) is 0. The number of hydrogen-bond acceptors (Lipinski definition) is 5. The first-order valence-corrected chi connectivity index (χ1v) is 14.9. The van der Waals surface area contributed by atoms with Crippen LogP contribution in [0.1, 0.15) is 98.3 Å². The Kier molecular flexibility index (Phi) is 13.9. The first-order valence-electron chi connectivity index (χ1n) is 11.4. The fourth-order valence-electron chi connectivity index (χ4n) is 4.26. The lowest BCUT2D eigenvalue weighted by molar-refractivity contribution is 0.116. The highest BCUT2D eigenvalue weighted by Crippen LogP contribution is 2.36. The van der Waals surface area contributed by atoms with E-state index in [4.69, 9.17) is 15.0 Å². The van der Waals surface area contributed by atoms with E-state index in [1.165, 1.54) is 0 Å². The standard InChI is InChI=1S/C21H46N2O5S2/c1-5-20(6-2,15-18-29(22,24)25)13-9-11-16-28-17-12-10-14-21(7-3,8-4)19-30(23,26)27/h5-19H2,1-4H3,(H2,22,24,25)(H2,23,26,27). The summed E-state index contributed by atoms with van der Waals surface area (Å²) >= 11 is 0. The fourth-order valence-corrected chi connectivity index (χ4v) is 6.38. The molecule has 0 fully saturated rings. The number of sulfonamides is 2. The molecule has 0 aromatic rings. The molecule has 0 aliphatic carbocycles. The molecule has 0 atom stereocenters. The minimum Gasteiger partial charge on any atom is -0.381 e. The van der Waals surface area contributed by atoms with Crippen LogP contribution in [-0.2, 0) is 24.8 Å². The van der Waals surface area contributed by atoms with Gasteiger partial charge in [0.2, 0.25) is 20.0 Å². The molecule has 0 spiro atoms. The van der Waals surface area contributed by atoms with Gasteiger partial charge >= 0.3 is 0 Å². The summed E-state index contributed by atoms with van der Waals surface area (Å²) < 4.78 is 51.4. The molecule has 4 N–H and O–H groups in total. The van der Waals surface area contributed by atoms with Gasteiger partial charge in [-0.05, 0) is 55.8 Å². The Morgan fingerprint density at radius 1 is 0.633 bits per heavy atom. The summed E-state index contributed by atoms with van der Waals surface area (Å²) in [6.07, 6.45) is 9.78. The molecular weight excluding hydrogens is 424 g/mol. The lowest BCUT2D eigenvalue weighted by Gasteiger charge is -2.31. The second-order valence-electron chi connectivity index (χ2n) is 8.86. The molecule has 7 nitrogen and oxygen atoms in total. The summed E-state index contributed by atoms with van der Waals surface area (Å²) in [7, 11) is -6.88. The maximum Gasteiger partial charge on any atom is 0.209 e. The Morgan fingerprint density at radius 2 is 1.07 bits per heavy atom. The zero-order valence-electron chi connectivity index (χ0n) is 19.6. The van der Waals surface area contributed by atoms with Crippen LogP contribution in [0, 0.1) is 10.8 Å². The largest absolute Gasteiger partial charge is 0.381 e. The normalized spacial score (nSPS) is 13.7. The molecule has 0 unspecified atom stereocenters. The fraction of sp³-hybridized carbons (Fsp3) is 1.00. The van der Waals surface area contributed by atoms with Gasteiger partial charge in [-0.25, -0.2) is 27.1 Å². The van der Waals surface area contributed by atoms with E-state index in [-0.39, 0.29) is 22.3 Å². The first kappa shape index (κ1) is 29.8. The lowest BCUT2D eigenvalue weighted by Crippen LogP contribution is -2.33. The highest BCUT2D eigenvalue weighted by atomic mass is 32.2. The topological polar surface area (TPSA) is 130 Å². The minimum atomic E-state index is -3.46. The maximum absolute atomic E-state index is 11.5. The lowest BCUT2D eigenvalue weighted by atomic mass is 9.76. The summed E-state index contributed by atoms with van der Waals surface area (Å²) in [5.74, 6) is 0.101. The third-order valence-corrected chi connectivity index (χ3v) is 8.70. The van der Waals surface area contributed by atoms with Gasteiger partial charge in [0.25, 0.3) is 0 Å². The van der Waals surface area contributed by atoms with Gasteiger partial charge in [-0.3, -0.25) is 0 Å². The molecule has 0 bridgehead atoms. The average Bonchev–Trinajstić information content (AvgIpc) is 2.66. The number of rotatable bonds is 19. The molecule has 0 amide bonds. The van der Waals surface area contributed by atoms with Crippen molar-refractivity contribution >= 4 is 20.0 Å². The summed E-state index contributed by atoms with van der Waals surface area (Å²) in [6, 6.07) is 0. The van der Waals surface area contributed by atoms with Gasteiger partial charge < -0.3 is 4.74 Å². The molecule has 0 aromatic heterocycles. The van der Waals surface area contributed by atoms with E-state index >= 15 is 0 Å². The molecule has 0 aliphatic heterocycles. The molecule has 182 valence electrons. The van der Waals surface area contributed by atoms with Crippen molar-refractivity contribution in [3.05, 3.63) is 0 Å². The van der Waals surface area contributed by atoms with Crippen LogP contribution in [-0.4, -0.2) is 41.6 Å². The Hall–Kier alpha value is -0.220. The first-order chi connectivity index (χ1) is 13.9. The molecule has 0 aromatic carbocycles. The van der Waals surface area contributed by atoms with E-state index in [2.05, 4.69) is 13.8 Å². The van der Waals surface area contributed by atoms with E-state index in [0.29, 0.717) is 19.6 Å². The quantitative estimate of drug-likeness (QED) is 0.276. The van der Waals surface area contributed by atoms with Crippen molar-refractivity contribution in [1.29, 1.82) is 0 Å². The monoisotopic (exact) mass is 470 g/mol. The third-order valence-electron chi connectivity index (χ3n) is 6.92. The van der Waals surface area contributed by atoms with E-state index in [1.807, 2.05) is 13.8 Å². The zero-order chi connectivity index (χ0) is 23.3. The van der Waals surface area contributed by atoms with E-state index in [0.717, 1.165) is 64.2 Å². The van der Waals surface area contributed by atoms with Crippen molar-refractivity contribution in [3.8, 4) is 0 Å². The maximum atomic E-state index is 11.5. The van der Waals surface area contributed by atoms with Crippen LogP contribution >= 0.6 is 0 Å². The van der Waals surface area contributed by atoms with Crippen LogP contribution in [0.2, 0.25) is 0 Å². The summed E-state index contributed by atoms with van der Waals surface area (Å²) in [6.45, 7) is 9.67. The van der Waals surface area contributed by atoms with Gasteiger partial charge in [0.15, 0.2) is 0 Å². The van der Waals surface area contributed by atoms with Crippen molar-refractivity contribution in [1.82, 2.24) is 0 Å². The molecule has 0 rings (SSSR count). The van der Waals surface area contributed by atoms with Crippen LogP contribution in [0.4, 0.5) is 0 Å². The van der Waals surface area contributed by atoms with Crippen molar-refractivity contribution in [2.75, 3.05) is 24.7 Å². The number of hydrogen-bond donors (Lipinski definition) is 2. The highest BCUT2D eigenvalue weighted by Gasteiger charge is 2.30. The number of ether oxygens (including phenoxy) is 1. The van der Waals surface area contributed by atoms with Crippen molar-refractivity contribution in [2.24, 2.45) is 21.1 Å².